The van der Waals surface area contributed by atoms with Gasteiger partial charge in [0, 0.05) is 18.0 Å². The first kappa shape index (κ1) is 16.2. The van der Waals surface area contributed by atoms with Crippen LogP contribution in [0.4, 0.5) is 10.8 Å². The lowest BCUT2D eigenvalue weighted by molar-refractivity contribution is -0.114. The fourth-order valence-electron chi connectivity index (χ4n) is 2.72. The van der Waals surface area contributed by atoms with Crippen LogP contribution in [-0.4, -0.2) is 27.0 Å². The molecule has 130 valence electrons. The number of nitrogens with zero attached hydrogens (tertiary/aromatic N) is 2. The molecule has 8 heteroatoms. The lowest BCUT2D eigenvalue weighted by atomic mass is 10.1. The lowest BCUT2D eigenvalue weighted by Crippen LogP contribution is -2.12. The standard InChI is InChI=1S/C18H15N5O2S/c1-9-3-5-13-12(7-9)16(23-22-13)17(25)21-18-20-14-6-4-11(19-10(2)24)8-15(14)26-18/h3-8H,1-2H3,(H,19,24)(H,22,23)(H,20,21,25). The largest absolute Gasteiger partial charge is 0.326 e. The van der Waals surface area contributed by atoms with Crippen molar-refractivity contribution in [3.05, 3.63) is 47.7 Å². The molecule has 2 aromatic carbocycles. The van der Waals surface area contributed by atoms with Crippen molar-refractivity contribution in [3.8, 4) is 0 Å². The maximum atomic E-state index is 12.6. The van der Waals surface area contributed by atoms with Gasteiger partial charge in [-0.1, -0.05) is 23.0 Å². The number of hydrogen-bond acceptors (Lipinski definition) is 5. The van der Waals surface area contributed by atoms with Crippen LogP contribution < -0.4 is 10.6 Å². The van der Waals surface area contributed by atoms with Gasteiger partial charge in [-0.15, -0.1) is 0 Å². The number of aromatic nitrogens is 3. The van der Waals surface area contributed by atoms with Gasteiger partial charge >= 0.3 is 0 Å². The highest BCUT2D eigenvalue weighted by molar-refractivity contribution is 7.22. The number of aryl methyl sites for hydroxylation is 1. The zero-order valence-corrected chi connectivity index (χ0v) is 14.9. The Kier molecular flexibility index (Phi) is 3.89. The Labute approximate surface area is 152 Å². The van der Waals surface area contributed by atoms with E-state index in [1.54, 1.807) is 12.1 Å². The van der Waals surface area contributed by atoms with Crippen LogP contribution in [0.5, 0.6) is 0 Å². The Morgan fingerprint density at radius 1 is 1.12 bits per heavy atom. The molecule has 0 saturated carbocycles. The SMILES string of the molecule is CC(=O)Nc1ccc2nc(NC(=O)c3n[nH]c4ccc(C)cc34)sc2c1. The van der Waals surface area contributed by atoms with E-state index in [1.165, 1.54) is 18.3 Å². The maximum absolute atomic E-state index is 12.6. The van der Waals surface area contributed by atoms with E-state index < -0.39 is 0 Å². The number of H-pyrrole nitrogens is 1. The van der Waals surface area contributed by atoms with Crippen LogP contribution in [0, 0.1) is 6.92 Å². The van der Waals surface area contributed by atoms with Gasteiger partial charge in [0.1, 0.15) is 0 Å². The smallest absolute Gasteiger partial charge is 0.278 e. The van der Waals surface area contributed by atoms with Gasteiger partial charge in [-0.3, -0.25) is 20.0 Å². The van der Waals surface area contributed by atoms with E-state index in [-0.39, 0.29) is 11.8 Å². The summed E-state index contributed by atoms with van der Waals surface area (Å²) in [5.41, 5.74) is 3.65. The van der Waals surface area contributed by atoms with Crippen LogP contribution in [-0.2, 0) is 4.79 Å². The third-order valence-electron chi connectivity index (χ3n) is 3.86. The highest BCUT2D eigenvalue weighted by Gasteiger charge is 2.16. The predicted octanol–water partition coefficient (Wildman–Crippen LogP) is 3.69. The molecule has 0 bridgehead atoms. The van der Waals surface area contributed by atoms with Crippen molar-refractivity contribution in [1.82, 2.24) is 15.2 Å². The van der Waals surface area contributed by atoms with E-state index in [1.807, 2.05) is 31.2 Å². The predicted molar refractivity (Wildman–Crippen MR) is 103 cm³/mol. The summed E-state index contributed by atoms with van der Waals surface area (Å²) < 4.78 is 0.870. The van der Waals surface area contributed by atoms with Gasteiger partial charge in [0.2, 0.25) is 5.91 Å². The number of aromatic amines is 1. The van der Waals surface area contributed by atoms with Crippen molar-refractivity contribution >= 4 is 55.1 Å². The number of amides is 2. The average molecular weight is 365 g/mol. The van der Waals surface area contributed by atoms with E-state index in [4.69, 9.17) is 0 Å². The monoisotopic (exact) mass is 365 g/mol. The van der Waals surface area contributed by atoms with E-state index in [0.717, 1.165) is 26.7 Å². The maximum Gasteiger partial charge on any atom is 0.278 e. The first-order valence-corrected chi connectivity index (χ1v) is 8.75. The molecule has 4 aromatic rings. The molecule has 0 aliphatic heterocycles. The zero-order valence-electron chi connectivity index (χ0n) is 14.1. The minimum atomic E-state index is -0.317. The second kappa shape index (κ2) is 6.23. The molecule has 3 N–H and O–H groups in total. The van der Waals surface area contributed by atoms with Gasteiger partial charge in [-0.2, -0.15) is 5.10 Å². The Morgan fingerprint density at radius 2 is 1.96 bits per heavy atom. The summed E-state index contributed by atoms with van der Waals surface area (Å²) in [6.07, 6.45) is 0. The first-order chi connectivity index (χ1) is 12.5. The van der Waals surface area contributed by atoms with E-state index in [2.05, 4.69) is 25.8 Å². The summed E-state index contributed by atoms with van der Waals surface area (Å²) in [5, 5.41) is 13.8. The van der Waals surface area contributed by atoms with E-state index in [9.17, 15) is 9.59 Å². The number of carbonyl (C=O) groups excluding carboxylic acids is 2. The van der Waals surface area contributed by atoms with Crippen LogP contribution in [0.25, 0.3) is 21.1 Å². The summed E-state index contributed by atoms with van der Waals surface area (Å²) in [6.45, 7) is 3.42. The molecule has 0 unspecified atom stereocenters. The molecule has 0 fully saturated rings. The molecule has 0 atom stereocenters. The Bertz CT molecular complexity index is 1160. The number of thiazole rings is 1. The van der Waals surface area contributed by atoms with Crippen molar-refractivity contribution in [3.63, 3.8) is 0 Å². The average Bonchev–Trinajstić information content (AvgIpc) is 3.16. The fraction of sp³-hybridized carbons (Fsp3) is 0.111. The second-order valence-electron chi connectivity index (χ2n) is 5.96. The molecular weight excluding hydrogens is 350 g/mol. The fourth-order valence-corrected chi connectivity index (χ4v) is 3.62. The van der Waals surface area contributed by atoms with E-state index in [0.29, 0.717) is 16.5 Å². The zero-order chi connectivity index (χ0) is 18.3. The van der Waals surface area contributed by atoms with Crippen LogP contribution in [0.3, 0.4) is 0 Å². The molecule has 26 heavy (non-hydrogen) atoms. The molecule has 0 radical (unpaired) electrons. The third-order valence-corrected chi connectivity index (χ3v) is 4.80. The molecule has 0 saturated heterocycles. The minimum absolute atomic E-state index is 0.136. The minimum Gasteiger partial charge on any atom is -0.326 e. The van der Waals surface area contributed by atoms with Gasteiger partial charge < -0.3 is 5.32 Å². The van der Waals surface area contributed by atoms with Crippen molar-refractivity contribution < 1.29 is 9.59 Å². The van der Waals surface area contributed by atoms with Gasteiger partial charge in [-0.25, -0.2) is 4.98 Å². The van der Waals surface area contributed by atoms with Crippen LogP contribution in [0.1, 0.15) is 23.0 Å². The molecule has 0 aliphatic carbocycles. The first-order valence-electron chi connectivity index (χ1n) is 7.94. The van der Waals surface area contributed by atoms with Crippen molar-refractivity contribution in [2.75, 3.05) is 10.6 Å². The Balaban J connectivity index is 1.62. The van der Waals surface area contributed by atoms with Crippen molar-refractivity contribution in [2.45, 2.75) is 13.8 Å². The molecule has 4 rings (SSSR count). The summed E-state index contributed by atoms with van der Waals surface area (Å²) in [7, 11) is 0. The molecule has 2 heterocycles. The second-order valence-corrected chi connectivity index (χ2v) is 6.99. The quantitative estimate of drug-likeness (QED) is 0.515. The van der Waals surface area contributed by atoms with Crippen LogP contribution in [0.2, 0.25) is 0 Å². The molecule has 2 aromatic heterocycles. The third kappa shape index (κ3) is 3.02. The number of fused-ring (bicyclic) bond motifs is 2. The summed E-state index contributed by atoms with van der Waals surface area (Å²) in [4.78, 5) is 28.2. The van der Waals surface area contributed by atoms with E-state index >= 15 is 0 Å². The van der Waals surface area contributed by atoms with Crippen LogP contribution in [0.15, 0.2) is 36.4 Å². The molecular formula is C18H15N5O2S. The number of hydrogen-bond donors (Lipinski definition) is 3. The molecule has 0 spiro atoms. The van der Waals surface area contributed by atoms with Crippen molar-refractivity contribution in [2.24, 2.45) is 0 Å². The number of benzene rings is 2. The van der Waals surface area contributed by atoms with Gasteiger partial charge in [-0.05, 0) is 37.3 Å². The summed E-state index contributed by atoms with van der Waals surface area (Å²) >= 11 is 1.34. The Morgan fingerprint density at radius 3 is 2.77 bits per heavy atom. The summed E-state index contributed by atoms with van der Waals surface area (Å²) in [6, 6.07) is 11.2. The number of anilines is 2. The van der Waals surface area contributed by atoms with Crippen molar-refractivity contribution in [1.29, 1.82) is 0 Å². The number of carbonyl (C=O) groups is 2. The Hall–Kier alpha value is -3.26. The molecule has 0 aliphatic rings. The molecule has 7 nitrogen and oxygen atoms in total. The number of nitrogens with one attached hydrogen (secondary N) is 3. The van der Waals surface area contributed by atoms with Gasteiger partial charge in [0.15, 0.2) is 10.8 Å². The highest BCUT2D eigenvalue weighted by Crippen LogP contribution is 2.29. The van der Waals surface area contributed by atoms with Crippen LogP contribution >= 0.6 is 11.3 Å². The number of rotatable bonds is 3. The summed E-state index contributed by atoms with van der Waals surface area (Å²) in [5.74, 6) is -0.453. The highest BCUT2D eigenvalue weighted by atomic mass is 32.1. The van der Waals surface area contributed by atoms with Gasteiger partial charge in [0.05, 0.1) is 15.7 Å². The van der Waals surface area contributed by atoms with Gasteiger partial charge in [0.25, 0.3) is 5.91 Å². The topological polar surface area (TPSA) is 99.8 Å². The molecule has 2 amide bonds. The lowest BCUT2D eigenvalue weighted by Gasteiger charge is -1.99. The normalized spacial score (nSPS) is 11.0.